The third-order valence-corrected chi connectivity index (χ3v) is 3.80. The number of carbonyl (C=O) groups excluding carboxylic acids is 1. The zero-order chi connectivity index (χ0) is 17.5. The van der Waals surface area contributed by atoms with Gasteiger partial charge in [0.25, 0.3) is 0 Å². The van der Waals surface area contributed by atoms with Gasteiger partial charge in [-0.05, 0) is 44.9 Å². The first-order valence-corrected chi connectivity index (χ1v) is 7.94. The molecule has 0 saturated carbocycles. The van der Waals surface area contributed by atoms with E-state index in [2.05, 4.69) is 30.9 Å². The minimum absolute atomic E-state index is 0. The van der Waals surface area contributed by atoms with Crippen molar-refractivity contribution in [1.82, 2.24) is 9.80 Å². The number of ether oxygens (including phenoxy) is 1. The van der Waals surface area contributed by atoms with E-state index in [1.54, 1.807) is 13.2 Å². The zero-order valence-corrected chi connectivity index (χ0v) is 17.4. The lowest BCUT2D eigenvalue weighted by molar-refractivity contribution is -0.122. The molecule has 0 atom stereocenters. The number of hydrogen-bond acceptors (Lipinski definition) is 4. The summed E-state index contributed by atoms with van der Waals surface area (Å²) in [5, 5.41) is 0. The fourth-order valence-corrected chi connectivity index (χ4v) is 2.32. The number of allylic oxidation sites excluding steroid dienone is 1. The standard InChI is InChI=1S/C19H30N2O2.BrH/c1-19(2,15-21(5)14-13-20(3)4)18(22)12-9-16-7-10-17(23-6)11-8-16;/h7-12H,13-15H2,1-6H3;1H/b12-9+;. The van der Waals surface area contributed by atoms with Gasteiger partial charge in [0, 0.05) is 25.0 Å². The molecule has 0 radical (unpaired) electrons. The van der Waals surface area contributed by atoms with Crippen molar-refractivity contribution < 1.29 is 9.53 Å². The Morgan fingerprint density at radius 3 is 2.21 bits per heavy atom. The Bertz CT molecular complexity index is 525. The summed E-state index contributed by atoms with van der Waals surface area (Å²) < 4.78 is 5.13. The van der Waals surface area contributed by atoms with Gasteiger partial charge in [-0.25, -0.2) is 0 Å². The number of benzene rings is 1. The van der Waals surface area contributed by atoms with Gasteiger partial charge in [0.15, 0.2) is 5.78 Å². The van der Waals surface area contributed by atoms with Crippen LogP contribution in [0.2, 0.25) is 0 Å². The van der Waals surface area contributed by atoms with E-state index >= 15 is 0 Å². The molecule has 136 valence electrons. The quantitative estimate of drug-likeness (QED) is 0.596. The molecule has 0 aromatic heterocycles. The maximum atomic E-state index is 12.5. The second-order valence-corrected chi connectivity index (χ2v) is 6.90. The van der Waals surface area contributed by atoms with Crippen molar-refractivity contribution in [2.75, 3.05) is 47.9 Å². The molecule has 0 fully saturated rings. The van der Waals surface area contributed by atoms with E-state index in [4.69, 9.17) is 4.74 Å². The highest BCUT2D eigenvalue weighted by Gasteiger charge is 2.26. The third kappa shape index (κ3) is 8.08. The highest BCUT2D eigenvalue weighted by atomic mass is 79.9. The van der Waals surface area contributed by atoms with E-state index in [1.807, 2.05) is 44.2 Å². The van der Waals surface area contributed by atoms with Crippen LogP contribution in [0.25, 0.3) is 6.08 Å². The van der Waals surface area contributed by atoms with Crippen LogP contribution in [-0.2, 0) is 4.79 Å². The van der Waals surface area contributed by atoms with E-state index < -0.39 is 5.41 Å². The highest BCUT2D eigenvalue weighted by Crippen LogP contribution is 2.20. The maximum Gasteiger partial charge on any atom is 0.162 e. The summed E-state index contributed by atoms with van der Waals surface area (Å²) >= 11 is 0. The largest absolute Gasteiger partial charge is 0.497 e. The molecular formula is C19H31BrN2O2. The Balaban J connectivity index is 0.00000529. The second-order valence-electron chi connectivity index (χ2n) is 6.90. The van der Waals surface area contributed by atoms with Gasteiger partial charge >= 0.3 is 0 Å². The molecule has 1 rings (SSSR count). The van der Waals surface area contributed by atoms with Gasteiger partial charge in [-0.2, -0.15) is 0 Å². The summed E-state index contributed by atoms with van der Waals surface area (Å²) in [7, 11) is 7.82. The van der Waals surface area contributed by atoms with Crippen molar-refractivity contribution in [3.8, 4) is 5.75 Å². The van der Waals surface area contributed by atoms with Crippen LogP contribution in [0, 0.1) is 5.41 Å². The monoisotopic (exact) mass is 398 g/mol. The molecule has 0 aliphatic carbocycles. The summed E-state index contributed by atoms with van der Waals surface area (Å²) in [6.45, 7) is 6.68. The zero-order valence-electron chi connectivity index (χ0n) is 15.7. The molecule has 0 N–H and O–H groups in total. The first kappa shape index (κ1) is 22.8. The third-order valence-electron chi connectivity index (χ3n) is 3.80. The Morgan fingerprint density at radius 1 is 1.12 bits per heavy atom. The summed E-state index contributed by atoms with van der Waals surface area (Å²) in [6.07, 6.45) is 3.55. The smallest absolute Gasteiger partial charge is 0.162 e. The van der Waals surface area contributed by atoms with E-state index in [9.17, 15) is 4.79 Å². The van der Waals surface area contributed by atoms with Crippen LogP contribution in [-0.4, -0.2) is 63.5 Å². The van der Waals surface area contributed by atoms with Gasteiger partial charge in [0.05, 0.1) is 7.11 Å². The average Bonchev–Trinajstić information content (AvgIpc) is 2.50. The van der Waals surface area contributed by atoms with Gasteiger partial charge < -0.3 is 14.5 Å². The van der Waals surface area contributed by atoms with Crippen molar-refractivity contribution in [3.05, 3.63) is 35.9 Å². The second kappa shape index (κ2) is 10.6. The number of rotatable bonds is 9. The average molecular weight is 399 g/mol. The Kier molecular flexibility index (Phi) is 10.1. The maximum absolute atomic E-state index is 12.5. The number of halogens is 1. The van der Waals surface area contributed by atoms with Crippen molar-refractivity contribution in [2.45, 2.75) is 13.8 Å². The molecule has 0 unspecified atom stereocenters. The highest BCUT2D eigenvalue weighted by molar-refractivity contribution is 8.93. The number of nitrogens with zero attached hydrogens (tertiary/aromatic N) is 2. The van der Waals surface area contributed by atoms with E-state index in [0.29, 0.717) is 0 Å². The molecule has 1 aromatic carbocycles. The van der Waals surface area contributed by atoms with Crippen molar-refractivity contribution in [2.24, 2.45) is 5.41 Å². The number of ketones is 1. The fourth-order valence-electron chi connectivity index (χ4n) is 2.32. The summed E-state index contributed by atoms with van der Waals surface area (Å²) in [4.78, 5) is 16.8. The molecule has 0 heterocycles. The molecule has 5 heteroatoms. The SMILES string of the molecule is Br.COc1ccc(/C=C/C(=O)C(C)(C)CN(C)CCN(C)C)cc1. The molecule has 24 heavy (non-hydrogen) atoms. The van der Waals surface area contributed by atoms with Crippen LogP contribution in [0.1, 0.15) is 19.4 Å². The lowest BCUT2D eigenvalue weighted by Gasteiger charge is -2.28. The molecule has 0 aliphatic rings. The minimum Gasteiger partial charge on any atom is -0.497 e. The lowest BCUT2D eigenvalue weighted by atomic mass is 9.87. The Morgan fingerprint density at radius 2 is 1.71 bits per heavy atom. The van der Waals surface area contributed by atoms with Crippen LogP contribution >= 0.6 is 17.0 Å². The molecule has 0 aliphatic heterocycles. The number of carbonyl (C=O) groups is 1. The van der Waals surface area contributed by atoms with Gasteiger partial charge in [-0.1, -0.05) is 32.1 Å². The predicted octanol–water partition coefficient (Wildman–Crippen LogP) is 3.38. The molecule has 0 bridgehead atoms. The van der Waals surface area contributed by atoms with Crippen molar-refractivity contribution >= 4 is 28.8 Å². The van der Waals surface area contributed by atoms with Crippen LogP contribution < -0.4 is 4.74 Å². The van der Waals surface area contributed by atoms with Crippen LogP contribution in [0.4, 0.5) is 0 Å². The van der Waals surface area contributed by atoms with Gasteiger partial charge in [-0.3, -0.25) is 4.79 Å². The molecule has 0 amide bonds. The summed E-state index contributed by atoms with van der Waals surface area (Å²) in [5.74, 6) is 0.960. The Hall–Kier alpha value is -1.17. The first-order valence-electron chi connectivity index (χ1n) is 7.94. The summed E-state index contributed by atoms with van der Waals surface area (Å²) in [5.41, 5.74) is 0.597. The minimum atomic E-state index is -0.399. The number of methoxy groups -OCH3 is 1. The topological polar surface area (TPSA) is 32.8 Å². The summed E-state index contributed by atoms with van der Waals surface area (Å²) in [6, 6.07) is 7.67. The fraction of sp³-hybridized carbons (Fsp3) is 0.526. The van der Waals surface area contributed by atoms with Crippen molar-refractivity contribution in [1.29, 1.82) is 0 Å². The molecule has 4 nitrogen and oxygen atoms in total. The van der Waals surface area contributed by atoms with E-state index in [0.717, 1.165) is 30.9 Å². The van der Waals surface area contributed by atoms with Crippen molar-refractivity contribution in [3.63, 3.8) is 0 Å². The molecule has 1 aromatic rings. The van der Waals surface area contributed by atoms with Crippen LogP contribution in [0.15, 0.2) is 30.3 Å². The predicted molar refractivity (Wildman–Crippen MR) is 107 cm³/mol. The van der Waals surface area contributed by atoms with Gasteiger partial charge in [0.2, 0.25) is 0 Å². The molecule has 0 saturated heterocycles. The Labute approximate surface area is 157 Å². The molecular weight excluding hydrogens is 368 g/mol. The van der Waals surface area contributed by atoms with E-state index in [-0.39, 0.29) is 22.8 Å². The first-order chi connectivity index (χ1) is 10.7. The van der Waals surface area contributed by atoms with Crippen LogP contribution in [0.5, 0.6) is 5.75 Å². The van der Waals surface area contributed by atoms with Gasteiger partial charge in [-0.15, -0.1) is 17.0 Å². The molecule has 0 spiro atoms. The van der Waals surface area contributed by atoms with E-state index in [1.165, 1.54) is 0 Å². The normalized spacial score (nSPS) is 11.8. The van der Waals surface area contributed by atoms with Gasteiger partial charge in [0.1, 0.15) is 5.75 Å². The number of hydrogen-bond donors (Lipinski definition) is 0. The number of likely N-dealkylation sites (N-methyl/N-ethyl adjacent to an activating group) is 2. The lowest BCUT2D eigenvalue weighted by Crippen LogP contribution is -2.39. The van der Waals surface area contributed by atoms with Crippen LogP contribution in [0.3, 0.4) is 0 Å².